The first-order valence-electron chi connectivity index (χ1n) is 7.19. The summed E-state index contributed by atoms with van der Waals surface area (Å²) >= 11 is 3.62. The molecule has 18 heavy (non-hydrogen) atoms. The fourth-order valence-corrected chi connectivity index (χ4v) is 3.62. The molecule has 0 radical (unpaired) electrons. The summed E-state index contributed by atoms with van der Waals surface area (Å²) in [6.07, 6.45) is 7.76. The molecule has 3 unspecified atom stereocenters. The van der Waals surface area contributed by atoms with Crippen LogP contribution in [0, 0.1) is 11.8 Å². The highest BCUT2D eigenvalue weighted by Crippen LogP contribution is 2.33. The van der Waals surface area contributed by atoms with Crippen LogP contribution in [0.4, 0.5) is 0 Å². The summed E-state index contributed by atoms with van der Waals surface area (Å²) in [6, 6.07) is 8.77. The molecule has 0 bridgehead atoms. The first-order chi connectivity index (χ1) is 8.70. The minimum atomic E-state index is 0.318. The third kappa shape index (κ3) is 3.58. The second kappa shape index (κ2) is 6.72. The number of hydrogen-bond acceptors (Lipinski definition) is 1. The predicted octanol–water partition coefficient (Wildman–Crippen LogP) is 4.54. The molecule has 0 aliphatic heterocycles. The molecule has 2 rings (SSSR count). The van der Waals surface area contributed by atoms with Gasteiger partial charge in [0.15, 0.2) is 0 Å². The van der Waals surface area contributed by atoms with E-state index in [1.807, 2.05) is 0 Å². The Bertz CT molecular complexity index is 377. The van der Waals surface area contributed by atoms with Crippen LogP contribution in [-0.4, -0.2) is 6.04 Å². The maximum Gasteiger partial charge on any atom is 0.0207 e. The standard InChI is InChI=1S/C16H24BrN/c1-2-12-6-5-8-14(10-12)16(18)11-13-7-3-4-9-15(13)17/h3-4,7,9,12,14,16H,2,5-6,8,10-11,18H2,1H3. The quantitative estimate of drug-likeness (QED) is 0.868. The lowest BCUT2D eigenvalue weighted by Crippen LogP contribution is -2.35. The van der Waals surface area contributed by atoms with Crippen LogP contribution >= 0.6 is 15.9 Å². The van der Waals surface area contributed by atoms with E-state index in [1.54, 1.807) is 0 Å². The van der Waals surface area contributed by atoms with Gasteiger partial charge in [-0.25, -0.2) is 0 Å². The molecule has 1 aliphatic carbocycles. The summed E-state index contributed by atoms with van der Waals surface area (Å²) < 4.78 is 1.20. The van der Waals surface area contributed by atoms with Gasteiger partial charge in [0.05, 0.1) is 0 Å². The summed E-state index contributed by atoms with van der Waals surface area (Å²) in [5, 5.41) is 0. The van der Waals surface area contributed by atoms with E-state index < -0.39 is 0 Å². The van der Waals surface area contributed by atoms with Crippen LogP contribution in [-0.2, 0) is 6.42 Å². The second-order valence-corrected chi connectivity index (χ2v) is 6.51. The first-order valence-corrected chi connectivity index (χ1v) is 7.99. The van der Waals surface area contributed by atoms with Gasteiger partial charge in [0.25, 0.3) is 0 Å². The highest BCUT2D eigenvalue weighted by molar-refractivity contribution is 9.10. The van der Waals surface area contributed by atoms with Gasteiger partial charge >= 0.3 is 0 Å². The average molecular weight is 310 g/mol. The highest BCUT2D eigenvalue weighted by Gasteiger charge is 2.25. The zero-order chi connectivity index (χ0) is 13.0. The van der Waals surface area contributed by atoms with Crippen LogP contribution in [0.1, 0.15) is 44.6 Å². The van der Waals surface area contributed by atoms with Gasteiger partial charge in [-0.1, -0.05) is 60.3 Å². The predicted molar refractivity (Wildman–Crippen MR) is 81.6 cm³/mol. The number of nitrogens with two attached hydrogens (primary N) is 1. The van der Waals surface area contributed by atoms with Crippen molar-refractivity contribution in [2.24, 2.45) is 17.6 Å². The zero-order valence-electron chi connectivity index (χ0n) is 11.2. The van der Waals surface area contributed by atoms with Crippen molar-refractivity contribution in [3.8, 4) is 0 Å². The maximum atomic E-state index is 6.45. The Kier molecular flexibility index (Phi) is 5.25. The minimum absolute atomic E-state index is 0.318. The van der Waals surface area contributed by atoms with Gasteiger partial charge in [0, 0.05) is 10.5 Å². The largest absolute Gasteiger partial charge is 0.327 e. The Balaban J connectivity index is 1.95. The van der Waals surface area contributed by atoms with Crippen molar-refractivity contribution in [3.63, 3.8) is 0 Å². The van der Waals surface area contributed by atoms with Crippen molar-refractivity contribution in [2.45, 2.75) is 51.5 Å². The molecule has 0 spiro atoms. The fourth-order valence-electron chi connectivity index (χ4n) is 3.18. The summed E-state index contributed by atoms with van der Waals surface area (Å²) in [7, 11) is 0. The molecule has 100 valence electrons. The summed E-state index contributed by atoms with van der Waals surface area (Å²) in [5.74, 6) is 1.63. The van der Waals surface area contributed by atoms with Crippen molar-refractivity contribution in [3.05, 3.63) is 34.3 Å². The van der Waals surface area contributed by atoms with Crippen LogP contribution in [0.25, 0.3) is 0 Å². The molecule has 2 heteroatoms. The summed E-state index contributed by atoms with van der Waals surface area (Å²) in [4.78, 5) is 0. The van der Waals surface area contributed by atoms with Crippen LogP contribution in [0.3, 0.4) is 0 Å². The molecule has 1 aromatic carbocycles. The maximum absolute atomic E-state index is 6.45. The number of benzene rings is 1. The lowest BCUT2D eigenvalue weighted by molar-refractivity contribution is 0.228. The Morgan fingerprint density at radius 2 is 2.11 bits per heavy atom. The normalized spacial score (nSPS) is 25.9. The van der Waals surface area contributed by atoms with E-state index in [2.05, 4.69) is 47.1 Å². The van der Waals surface area contributed by atoms with Crippen molar-refractivity contribution in [1.82, 2.24) is 0 Å². The van der Waals surface area contributed by atoms with E-state index in [0.29, 0.717) is 6.04 Å². The van der Waals surface area contributed by atoms with Crippen LogP contribution < -0.4 is 5.73 Å². The Morgan fingerprint density at radius 1 is 1.33 bits per heavy atom. The number of rotatable bonds is 4. The molecule has 0 saturated heterocycles. The van der Waals surface area contributed by atoms with E-state index in [4.69, 9.17) is 5.73 Å². The monoisotopic (exact) mass is 309 g/mol. The van der Waals surface area contributed by atoms with Gasteiger partial charge in [0.2, 0.25) is 0 Å². The van der Waals surface area contributed by atoms with Gasteiger partial charge in [0.1, 0.15) is 0 Å². The number of halogens is 1. The van der Waals surface area contributed by atoms with Gasteiger partial charge in [-0.2, -0.15) is 0 Å². The molecular formula is C16H24BrN. The SMILES string of the molecule is CCC1CCCC(C(N)Cc2ccccc2Br)C1. The lowest BCUT2D eigenvalue weighted by atomic mass is 9.76. The molecule has 0 heterocycles. The van der Waals surface area contributed by atoms with E-state index >= 15 is 0 Å². The average Bonchev–Trinajstić information content (AvgIpc) is 2.41. The topological polar surface area (TPSA) is 26.0 Å². The van der Waals surface area contributed by atoms with Gasteiger partial charge in [-0.15, -0.1) is 0 Å². The van der Waals surface area contributed by atoms with Crippen molar-refractivity contribution >= 4 is 15.9 Å². The lowest BCUT2D eigenvalue weighted by Gasteiger charge is -2.32. The Labute approximate surface area is 119 Å². The van der Waals surface area contributed by atoms with Crippen LogP contribution in [0.2, 0.25) is 0 Å². The molecule has 1 nitrogen and oxygen atoms in total. The van der Waals surface area contributed by atoms with Crippen molar-refractivity contribution < 1.29 is 0 Å². The third-order valence-corrected chi connectivity index (χ3v) is 5.19. The highest BCUT2D eigenvalue weighted by atomic mass is 79.9. The molecule has 1 aliphatic rings. The smallest absolute Gasteiger partial charge is 0.0207 e. The van der Waals surface area contributed by atoms with E-state index in [0.717, 1.165) is 18.3 Å². The van der Waals surface area contributed by atoms with E-state index in [1.165, 1.54) is 42.1 Å². The molecule has 1 saturated carbocycles. The molecule has 0 amide bonds. The molecule has 2 N–H and O–H groups in total. The molecule has 3 atom stereocenters. The van der Waals surface area contributed by atoms with Crippen LogP contribution in [0.5, 0.6) is 0 Å². The van der Waals surface area contributed by atoms with Crippen molar-refractivity contribution in [2.75, 3.05) is 0 Å². The van der Waals surface area contributed by atoms with Gasteiger partial charge in [-0.05, 0) is 42.7 Å². The summed E-state index contributed by atoms with van der Waals surface area (Å²) in [5.41, 5.74) is 7.80. The zero-order valence-corrected chi connectivity index (χ0v) is 12.8. The summed E-state index contributed by atoms with van der Waals surface area (Å²) in [6.45, 7) is 2.31. The molecule has 1 aromatic rings. The Morgan fingerprint density at radius 3 is 2.83 bits per heavy atom. The van der Waals surface area contributed by atoms with E-state index in [-0.39, 0.29) is 0 Å². The molecule has 1 fully saturated rings. The molecule has 0 aromatic heterocycles. The van der Waals surface area contributed by atoms with E-state index in [9.17, 15) is 0 Å². The fraction of sp³-hybridized carbons (Fsp3) is 0.625. The second-order valence-electron chi connectivity index (χ2n) is 5.66. The van der Waals surface area contributed by atoms with Crippen molar-refractivity contribution in [1.29, 1.82) is 0 Å². The number of hydrogen-bond donors (Lipinski definition) is 1. The minimum Gasteiger partial charge on any atom is -0.327 e. The first kappa shape index (κ1) is 14.1. The van der Waals surface area contributed by atoms with Gasteiger partial charge < -0.3 is 5.73 Å². The van der Waals surface area contributed by atoms with Gasteiger partial charge in [-0.3, -0.25) is 0 Å². The Hall–Kier alpha value is -0.340. The van der Waals surface area contributed by atoms with Crippen LogP contribution in [0.15, 0.2) is 28.7 Å². The third-order valence-electron chi connectivity index (χ3n) is 4.42. The molecular weight excluding hydrogens is 286 g/mol.